The van der Waals surface area contributed by atoms with Gasteiger partial charge in [0.15, 0.2) is 0 Å². The molecule has 0 saturated carbocycles. The maximum atomic E-state index is 12.3. The summed E-state index contributed by atoms with van der Waals surface area (Å²) in [5, 5.41) is 3.33. The van der Waals surface area contributed by atoms with E-state index in [0.29, 0.717) is 18.0 Å². The fourth-order valence-electron chi connectivity index (χ4n) is 3.55. The van der Waals surface area contributed by atoms with Crippen LogP contribution in [0.3, 0.4) is 0 Å². The lowest BCUT2D eigenvalue weighted by molar-refractivity contribution is -0.137. The topological polar surface area (TPSA) is 32.3 Å². The zero-order valence-electron chi connectivity index (χ0n) is 9.65. The van der Waals surface area contributed by atoms with Crippen molar-refractivity contribution < 1.29 is 4.79 Å². The van der Waals surface area contributed by atoms with Gasteiger partial charge in [0.2, 0.25) is 5.91 Å². The Bertz CT molecular complexity index is 250. The molecule has 0 aromatic carbocycles. The molecule has 1 N–H and O–H groups in total. The van der Waals surface area contributed by atoms with Crippen LogP contribution in [0, 0.1) is 0 Å². The van der Waals surface area contributed by atoms with E-state index in [-0.39, 0.29) is 18.4 Å². The van der Waals surface area contributed by atoms with Crippen LogP contribution in [0.1, 0.15) is 44.9 Å². The Balaban J connectivity index is 0.000000963. The number of nitrogens with one attached hydrogen (secondary N) is 1. The molecule has 16 heavy (non-hydrogen) atoms. The molecule has 3 rings (SSSR count). The van der Waals surface area contributed by atoms with Crippen molar-refractivity contribution in [3.63, 3.8) is 0 Å². The van der Waals surface area contributed by atoms with Gasteiger partial charge in [0.1, 0.15) is 0 Å². The number of hydrogen-bond acceptors (Lipinski definition) is 2. The molecule has 92 valence electrons. The minimum absolute atomic E-state index is 0. The van der Waals surface area contributed by atoms with Gasteiger partial charge in [-0.15, -0.1) is 12.4 Å². The van der Waals surface area contributed by atoms with Gasteiger partial charge in [0.25, 0.3) is 0 Å². The maximum absolute atomic E-state index is 12.3. The van der Waals surface area contributed by atoms with E-state index >= 15 is 0 Å². The molecule has 0 aromatic rings. The summed E-state index contributed by atoms with van der Waals surface area (Å²) in [6.45, 7) is 1.03. The van der Waals surface area contributed by atoms with Crippen LogP contribution in [0.5, 0.6) is 0 Å². The summed E-state index contributed by atoms with van der Waals surface area (Å²) in [5.74, 6) is 0.403. The number of fused-ring (bicyclic) bond motifs is 2. The average molecular weight is 245 g/mol. The van der Waals surface area contributed by atoms with Crippen LogP contribution in [0.25, 0.3) is 0 Å². The van der Waals surface area contributed by atoms with Gasteiger partial charge in [-0.25, -0.2) is 0 Å². The van der Waals surface area contributed by atoms with Crippen LogP contribution in [-0.2, 0) is 4.79 Å². The molecular weight excluding hydrogens is 224 g/mol. The van der Waals surface area contributed by atoms with Crippen molar-refractivity contribution in [2.24, 2.45) is 0 Å². The standard InChI is InChI=1S/C12H20N2O.ClH/c15-12(11-5-2-8-13-11)14-9-3-1-4-10(14)7-6-9;/h9-11,13H,1-8H2;1H. The Morgan fingerprint density at radius 1 is 1.00 bits per heavy atom. The first-order valence-corrected chi connectivity index (χ1v) is 6.42. The van der Waals surface area contributed by atoms with Crippen molar-refractivity contribution in [2.75, 3.05) is 6.54 Å². The minimum atomic E-state index is 0. The second kappa shape index (κ2) is 4.92. The number of halogens is 1. The lowest BCUT2D eigenvalue weighted by atomic mass is 10.0. The maximum Gasteiger partial charge on any atom is 0.240 e. The Labute approximate surface area is 103 Å². The van der Waals surface area contributed by atoms with Gasteiger partial charge in [-0.05, 0) is 51.5 Å². The fraction of sp³-hybridized carbons (Fsp3) is 0.917. The summed E-state index contributed by atoms with van der Waals surface area (Å²) < 4.78 is 0. The predicted molar refractivity (Wildman–Crippen MR) is 65.8 cm³/mol. The van der Waals surface area contributed by atoms with E-state index in [0.717, 1.165) is 13.0 Å². The summed E-state index contributed by atoms with van der Waals surface area (Å²) in [4.78, 5) is 14.6. The first-order valence-electron chi connectivity index (χ1n) is 6.42. The predicted octanol–water partition coefficient (Wildman–Crippen LogP) is 1.70. The zero-order chi connectivity index (χ0) is 10.3. The van der Waals surface area contributed by atoms with Gasteiger partial charge >= 0.3 is 0 Å². The summed E-state index contributed by atoms with van der Waals surface area (Å²) in [6.07, 6.45) is 8.54. The van der Waals surface area contributed by atoms with Crippen LogP contribution in [0.15, 0.2) is 0 Å². The van der Waals surface area contributed by atoms with Gasteiger partial charge in [-0.3, -0.25) is 4.79 Å². The average Bonchev–Trinajstić information content (AvgIpc) is 2.85. The Morgan fingerprint density at radius 2 is 1.69 bits per heavy atom. The first-order chi connectivity index (χ1) is 7.36. The van der Waals surface area contributed by atoms with E-state index in [1.54, 1.807) is 0 Å². The number of nitrogens with zero attached hydrogens (tertiary/aromatic N) is 1. The highest BCUT2D eigenvalue weighted by molar-refractivity contribution is 5.85. The fourth-order valence-corrected chi connectivity index (χ4v) is 3.55. The third-order valence-electron chi connectivity index (χ3n) is 4.31. The SMILES string of the molecule is Cl.O=C(C1CCCN1)N1C2CCCC1CC2. The lowest BCUT2D eigenvalue weighted by Gasteiger charge is -2.36. The monoisotopic (exact) mass is 244 g/mol. The van der Waals surface area contributed by atoms with Crippen LogP contribution in [0.4, 0.5) is 0 Å². The van der Waals surface area contributed by atoms with Gasteiger partial charge in [0.05, 0.1) is 6.04 Å². The Kier molecular flexibility index (Phi) is 3.75. The highest BCUT2D eigenvalue weighted by Crippen LogP contribution is 2.36. The third kappa shape index (κ3) is 1.95. The van der Waals surface area contributed by atoms with Crippen LogP contribution >= 0.6 is 12.4 Å². The van der Waals surface area contributed by atoms with E-state index in [1.807, 2.05) is 0 Å². The van der Waals surface area contributed by atoms with Crippen LogP contribution in [-0.4, -0.2) is 35.5 Å². The molecule has 1 amide bonds. The molecule has 3 atom stereocenters. The molecule has 0 aromatic heterocycles. The molecule has 0 spiro atoms. The lowest BCUT2D eigenvalue weighted by Crippen LogP contribution is -2.50. The quantitative estimate of drug-likeness (QED) is 0.762. The van der Waals surface area contributed by atoms with Crippen molar-refractivity contribution in [1.82, 2.24) is 10.2 Å². The van der Waals surface area contributed by atoms with Gasteiger partial charge < -0.3 is 10.2 Å². The molecule has 0 radical (unpaired) electrons. The van der Waals surface area contributed by atoms with Gasteiger partial charge in [-0.1, -0.05) is 0 Å². The van der Waals surface area contributed by atoms with E-state index in [9.17, 15) is 4.79 Å². The molecule has 3 aliphatic rings. The Morgan fingerprint density at radius 3 is 2.25 bits per heavy atom. The number of amides is 1. The summed E-state index contributed by atoms with van der Waals surface area (Å²) in [7, 11) is 0. The van der Waals surface area contributed by atoms with Gasteiger partial charge in [-0.2, -0.15) is 0 Å². The summed E-state index contributed by atoms with van der Waals surface area (Å²) >= 11 is 0. The van der Waals surface area contributed by atoms with Gasteiger partial charge in [0, 0.05) is 12.1 Å². The third-order valence-corrected chi connectivity index (χ3v) is 4.31. The molecular formula is C12H21ClN2O. The molecule has 3 fully saturated rings. The molecule has 3 unspecified atom stereocenters. The second-order valence-electron chi connectivity index (χ2n) is 5.21. The number of hydrogen-bond donors (Lipinski definition) is 1. The minimum Gasteiger partial charge on any atom is -0.335 e. The van der Waals surface area contributed by atoms with Crippen molar-refractivity contribution in [3.8, 4) is 0 Å². The van der Waals surface area contributed by atoms with Crippen molar-refractivity contribution in [2.45, 2.75) is 63.1 Å². The number of piperidine rings is 1. The van der Waals surface area contributed by atoms with Crippen molar-refractivity contribution in [3.05, 3.63) is 0 Å². The Hall–Kier alpha value is -0.280. The van der Waals surface area contributed by atoms with E-state index in [4.69, 9.17) is 0 Å². The molecule has 2 bridgehead atoms. The highest BCUT2D eigenvalue weighted by Gasteiger charge is 2.41. The largest absolute Gasteiger partial charge is 0.335 e. The van der Waals surface area contributed by atoms with E-state index in [1.165, 1.54) is 38.5 Å². The van der Waals surface area contributed by atoms with Crippen LogP contribution in [0.2, 0.25) is 0 Å². The van der Waals surface area contributed by atoms with E-state index < -0.39 is 0 Å². The molecule has 3 nitrogen and oxygen atoms in total. The van der Waals surface area contributed by atoms with Crippen molar-refractivity contribution >= 4 is 18.3 Å². The van der Waals surface area contributed by atoms with E-state index in [2.05, 4.69) is 10.2 Å². The molecule has 3 heterocycles. The summed E-state index contributed by atoms with van der Waals surface area (Å²) in [5.41, 5.74) is 0. The first kappa shape index (κ1) is 12.2. The van der Waals surface area contributed by atoms with Crippen LogP contribution < -0.4 is 5.32 Å². The summed E-state index contributed by atoms with van der Waals surface area (Å²) in [6, 6.07) is 1.31. The normalized spacial score (nSPS) is 37.2. The molecule has 0 aliphatic carbocycles. The number of rotatable bonds is 1. The van der Waals surface area contributed by atoms with Crippen molar-refractivity contribution in [1.29, 1.82) is 0 Å². The molecule has 3 aliphatic heterocycles. The molecule has 3 saturated heterocycles. The highest BCUT2D eigenvalue weighted by atomic mass is 35.5. The second-order valence-corrected chi connectivity index (χ2v) is 5.21. The zero-order valence-corrected chi connectivity index (χ0v) is 10.5. The number of carbonyl (C=O) groups excluding carboxylic acids is 1. The smallest absolute Gasteiger partial charge is 0.240 e. The molecule has 4 heteroatoms. The number of carbonyl (C=O) groups is 1.